The first-order valence-electron chi connectivity index (χ1n) is 6.70. The standard InChI is InChI=1S/C17H19BrO3/c1-11-5-4-6-12(9-11)10-14(19)13-7-8-15(20-2)16(18)17(13)21-3/h4-9,14,19H,10H2,1-3H3. The highest BCUT2D eigenvalue weighted by Crippen LogP contribution is 2.40. The summed E-state index contributed by atoms with van der Waals surface area (Å²) in [6.07, 6.45) is -0.0967. The van der Waals surface area contributed by atoms with Gasteiger partial charge in [-0.1, -0.05) is 29.8 Å². The Hall–Kier alpha value is -1.52. The molecule has 1 unspecified atom stereocenters. The summed E-state index contributed by atoms with van der Waals surface area (Å²) in [6, 6.07) is 11.8. The van der Waals surface area contributed by atoms with Crippen LogP contribution < -0.4 is 9.47 Å². The van der Waals surface area contributed by atoms with Crippen LogP contribution in [0.2, 0.25) is 0 Å². The van der Waals surface area contributed by atoms with Crippen molar-refractivity contribution in [1.82, 2.24) is 0 Å². The molecule has 1 N–H and O–H groups in total. The second-order valence-electron chi connectivity index (χ2n) is 4.91. The van der Waals surface area contributed by atoms with Gasteiger partial charge in [0.05, 0.1) is 20.3 Å². The van der Waals surface area contributed by atoms with Crippen molar-refractivity contribution in [3.8, 4) is 11.5 Å². The second-order valence-corrected chi connectivity index (χ2v) is 5.71. The molecule has 0 aliphatic heterocycles. The molecule has 4 heteroatoms. The fourth-order valence-corrected chi connectivity index (χ4v) is 3.04. The first-order chi connectivity index (χ1) is 10.1. The minimum atomic E-state index is -0.635. The number of aliphatic hydroxyl groups excluding tert-OH is 1. The molecule has 0 saturated heterocycles. The Morgan fingerprint density at radius 3 is 2.52 bits per heavy atom. The van der Waals surface area contributed by atoms with Gasteiger partial charge in [-0.2, -0.15) is 0 Å². The summed E-state index contributed by atoms with van der Waals surface area (Å²) in [7, 11) is 3.19. The molecule has 0 bridgehead atoms. The van der Waals surface area contributed by atoms with Gasteiger partial charge in [-0.3, -0.25) is 0 Å². The predicted octanol–water partition coefficient (Wildman–Crippen LogP) is 4.05. The maximum absolute atomic E-state index is 10.5. The zero-order valence-electron chi connectivity index (χ0n) is 12.4. The van der Waals surface area contributed by atoms with Gasteiger partial charge < -0.3 is 14.6 Å². The van der Waals surface area contributed by atoms with E-state index in [4.69, 9.17) is 9.47 Å². The average molecular weight is 351 g/mol. The van der Waals surface area contributed by atoms with Crippen molar-refractivity contribution in [2.75, 3.05) is 14.2 Å². The van der Waals surface area contributed by atoms with Crippen molar-refractivity contribution in [1.29, 1.82) is 0 Å². The molecule has 3 nitrogen and oxygen atoms in total. The lowest BCUT2D eigenvalue weighted by Gasteiger charge is -2.18. The lowest BCUT2D eigenvalue weighted by Crippen LogP contribution is -2.05. The fraction of sp³-hybridized carbons (Fsp3) is 0.294. The van der Waals surface area contributed by atoms with E-state index in [1.54, 1.807) is 14.2 Å². The summed E-state index contributed by atoms with van der Waals surface area (Å²) in [6.45, 7) is 2.04. The molecule has 112 valence electrons. The molecule has 2 aromatic carbocycles. The fourth-order valence-electron chi connectivity index (χ4n) is 2.35. The molecule has 21 heavy (non-hydrogen) atoms. The lowest BCUT2D eigenvalue weighted by atomic mass is 9.99. The number of hydrogen-bond donors (Lipinski definition) is 1. The van der Waals surface area contributed by atoms with E-state index in [2.05, 4.69) is 22.0 Å². The van der Waals surface area contributed by atoms with Crippen molar-refractivity contribution in [3.63, 3.8) is 0 Å². The summed E-state index contributed by atoms with van der Waals surface area (Å²) in [5.41, 5.74) is 3.02. The molecule has 0 heterocycles. The Labute approximate surface area is 133 Å². The smallest absolute Gasteiger partial charge is 0.142 e. The van der Waals surface area contributed by atoms with Gasteiger partial charge in [-0.05, 0) is 40.5 Å². The van der Waals surface area contributed by atoms with Crippen molar-refractivity contribution in [2.45, 2.75) is 19.4 Å². The Morgan fingerprint density at radius 2 is 1.90 bits per heavy atom. The van der Waals surface area contributed by atoms with Gasteiger partial charge in [0, 0.05) is 12.0 Å². The van der Waals surface area contributed by atoms with Gasteiger partial charge in [0.25, 0.3) is 0 Å². The third-order valence-electron chi connectivity index (χ3n) is 3.39. The van der Waals surface area contributed by atoms with Crippen LogP contribution in [0.25, 0.3) is 0 Å². The van der Waals surface area contributed by atoms with Crippen LogP contribution in [0.4, 0.5) is 0 Å². The average Bonchev–Trinajstić information content (AvgIpc) is 2.46. The van der Waals surface area contributed by atoms with E-state index < -0.39 is 6.10 Å². The Morgan fingerprint density at radius 1 is 1.14 bits per heavy atom. The largest absolute Gasteiger partial charge is 0.495 e. The molecule has 0 aliphatic carbocycles. The molecule has 0 aromatic heterocycles. The summed E-state index contributed by atoms with van der Waals surface area (Å²) in [4.78, 5) is 0. The van der Waals surface area contributed by atoms with Gasteiger partial charge in [0.2, 0.25) is 0 Å². The zero-order chi connectivity index (χ0) is 15.4. The van der Waals surface area contributed by atoms with Crippen LogP contribution in [0, 0.1) is 6.92 Å². The van der Waals surface area contributed by atoms with Crippen LogP contribution in [-0.2, 0) is 6.42 Å². The Bertz CT molecular complexity index is 625. The van der Waals surface area contributed by atoms with E-state index in [1.165, 1.54) is 5.56 Å². The lowest BCUT2D eigenvalue weighted by molar-refractivity contribution is 0.173. The minimum Gasteiger partial charge on any atom is -0.495 e. The molecular formula is C17H19BrO3. The highest BCUT2D eigenvalue weighted by atomic mass is 79.9. The quantitative estimate of drug-likeness (QED) is 0.883. The Balaban J connectivity index is 2.30. The third-order valence-corrected chi connectivity index (χ3v) is 4.14. The van der Waals surface area contributed by atoms with Gasteiger partial charge in [-0.15, -0.1) is 0 Å². The molecule has 0 radical (unpaired) electrons. The number of methoxy groups -OCH3 is 2. The summed E-state index contributed by atoms with van der Waals surface area (Å²) in [5, 5.41) is 10.5. The Kier molecular flexibility index (Phi) is 5.26. The van der Waals surface area contributed by atoms with E-state index in [1.807, 2.05) is 37.3 Å². The first-order valence-corrected chi connectivity index (χ1v) is 7.50. The van der Waals surface area contributed by atoms with Crippen LogP contribution in [0.3, 0.4) is 0 Å². The van der Waals surface area contributed by atoms with Crippen LogP contribution in [-0.4, -0.2) is 19.3 Å². The predicted molar refractivity (Wildman–Crippen MR) is 87.1 cm³/mol. The van der Waals surface area contributed by atoms with Gasteiger partial charge in [0.15, 0.2) is 0 Å². The van der Waals surface area contributed by atoms with E-state index in [0.29, 0.717) is 22.4 Å². The SMILES string of the molecule is COc1ccc(C(O)Cc2cccc(C)c2)c(OC)c1Br. The minimum absolute atomic E-state index is 0.539. The van der Waals surface area contributed by atoms with E-state index in [0.717, 1.165) is 11.1 Å². The van der Waals surface area contributed by atoms with Crippen LogP contribution in [0.5, 0.6) is 11.5 Å². The monoisotopic (exact) mass is 350 g/mol. The summed E-state index contributed by atoms with van der Waals surface area (Å²) < 4.78 is 11.4. The summed E-state index contributed by atoms with van der Waals surface area (Å²) in [5.74, 6) is 1.29. The highest BCUT2D eigenvalue weighted by molar-refractivity contribution is 9.10. The molecular weight excluding hydrogens is 332 g/mol. The number of ether oxygens (including phenoxy) is 2. The van der Waals surface area contributed by atoms with Crippen LogP contribution in [0.1, 0.15) is 22.8 Å². The van der Waals surface area contributed by atoms with Crippen molar-refractivity contribution >= 4 is 15.9 Å². The second kappa shape index (κ2) is 6.96. The molecule has 0 fully saturated rings. The molecule has 0 aliphatic rings. The van der Waals surface area contributed by atoms with Crippen LogP contribution in [0.15, 0.2) is 40.9 Å². The number of rotatable bonds is 5. The maximum Gasteiger partial charge on any atom is 0.142 e. The van der Waals surface area contributed by atoms with Crippen molar-refractivity contribution in [3.05, 3.63) is 57.6 Å². The van der Waals surface area contributed by atoms with Gasteiger partial charge in [0.1, 0.15) is 16.0 Å². The van der Waals surface area contributed by atoms with E-state index in [9.17, 15) is 5.11 Å². The highest BCUT2D eigenvalue weighted by Gasteiger charge is 2.19. The number of aryl methyl sites for hydroxylation is 1. The van der Waals surface area contributed by atoms with Crippen molar-refractivity contribution < 1.29 is 14.6 Å². The molecule has 0 saturated carbocycles. The van der Waals surface area contributed by atoms with Gasteiger partial charge in [-0.25, -0.2) is 0 Å². The number of hydrogen-bond acceptors (Lipinski definition) is 3. The molecule has 2 rings (SSSR count). The van der Waals surface area contributed by atoms with Gasteiger partial charge >= 0.3 is 0 Å². The molecule has 1 atom stereocenters. The number of halogens is 1. The summed E-state index contributed by atoms with van der Waals surface area (Å²) >= 11 is 3.46. The third kappa shape index (κ3) is 3.57. The maximum atomic E-state index is 10.5. The number of aliphatic hydroxyl groups is 1. The molecule has 0 spiro atoms. The topological polar surface area (TPSA) is 38.7 Å². The van der Waals surface area contributed by atoms with Crippen LogP contribution >= 0.6 is 15.9 Å². The molecule has 2 aromatic rings. The van der Waals surface area contributed by atoms with E-state index >= 15 is 0 Å². The number of benzene rings is 2. The normalized spacial score (nSPS) is 12.0. The van der Waals surface area contributed by atoms with E-state index in [-0.39, 0.29) is 0 Å². The molecule has 0 amide bonds. The zero-order valence-corrected chi connectivity index (χ0v) is 14.0. The first kappa shape index (κ1) is 15.9. The van der Waals surface area contributed by atoms with Crippen molar-refractivity contribution in [2.24, 2.45) is 0 Å².